The number of carbonyl (C=O) groups is 5. The summed E-state index contributed by atoms with van der Waals surface area (Å²) in [7, 11) is 0. The number of carboxylic acid groups (broad SMARTS) is 1. The number of aliphatic hydroxyl groups is 1. The topological polar surface area (TPSA) is 205 Å². The standard InChI is InChI=1S/C14H23N5O7/c15-7(4-10(16)21)12(24)18-8(6-20)14(26)19-3-1-2-9(19)13(25)17-5-11(22)23/h7-9,20H,1-6,15H2,(H2,16,21)(H,17,25)(H,18,24)(H,22,23). The minimum atomic E-state index is -1.35. The molecule has 3 unspecified atom stereocenters. The van der Waals surface area contributed by atoms with Crippen molar-refractivity contribution in [2.24, 2.45) is 11.5 Å². The zero-order chi connectivity index (χ0) is 19.9. The van der Waals surface area contributed by atoms with Crippen molar-refractivity contribution in [3.05, 3.63) is 0 Å². The number of nitrogens with zero attached hydrogens (tertiary/aromatic N) is 1. The second kappa shape index (κ2) is 9.68. The highest BCUT2D eigenvalue weighted by Gasteiger charge is 2.37. The molecule has 0 aliphatic carbocycles. The molecule has 3 atom stereocenters. The van der Waals surface area contributed by atoms with Crippen molar-refractivity contribution in [3.63, 3.8) is 0 Å². The van der Waals surface area contributed by atoms with Crippen LogP contribution >= 0.6 is 0 Å². The van der Waals surface area contributed by atoms with Crippen LogP contribution in [0.25, 0.3) is 0 Å². The highest BCUT2D eigenvalue weighted by Crippen LogP contribution is 2.18. The molecule has 146 valence electrons. The molecule has 1 saturated heterocycles. The SMILES string of the molecule is NC(=O)CC(N)C(=O)NC(CO)C(=O)N1CCCC1C(=O)NCC(=O)O. The molecular weight excluding hydrogens is 350 g/mol. The number of aliphatic carboxylic acids is 1. The van der Waals surface area contributed by atoms with Crippen LogP contribution in [0.2, 0.25) is 0 Å². The van der Waals surface area contributed by atoms with Gasteiger partial charge in [-0.25, -0.2) is 0 Å². The van der Waals surface area contributed by atoms with Crippen molar-refractivity contribution in [3.8, 4) is 0 Å². The monoisotopic (exact) mass is 373 g/mol. The Morgan fingerprint density at radius 2 is 1.88 bits per heavy atom. The molecule has 1 fully saturated rings. The maximum atomic E-state index is 12.5. The molecule has 12 heteroatoms. The second-order valence-electron chi connectivity index (χ2n) is 5.82. The number of hydrogen-bond donors (Lipinski definition) is 6. The number of primary amides is 1. The molecular formula is C14H23N5O7. The summed E-state index contributed by atoms with van der Waals surface area (Å²) in [6, 6.07) is -3.52. The summed E-state index contributed by atoms with van der Waals surface area (Å²) in [4.78, 5) is 58.9. The zero-order valence-electron chi connectivity index (χ0n) is 14.0. The minimum Gasteiger partial charge on any atom is -0.480 e. The largest absolute Gasteiger partial charge is 0.480 e. The lowest BCUT2D eigenvalue weighted by Crippen LogP contribution is -2.57. The third-order valence-electron chi connectivity index (χ3n) is 3.81. The molecule has 1 heterocycles. The van der Waals surface area contributed by atoms with Crippen LogP contribution in [0, 0.1) is 0 Å². The van der Waals surface area contributed by atoms with Crippen LogP contribution < -0.4 is 22.1 Å². The number of carbonyl (C=O) groups excluding carboxylic acids is 4. The first-order valence-corrected chi connectivity index (χ1v) is 7.92. The molecule has 26 heavy (non-hydrogen) atoms. The van der Waals surface area contributed by atoms with Gasteiger partial charge in [-0.2, -0.15) is 0 Å². The van der Waals surface area contributed by atoms with Crippen molar-refractivity contribution in [2.75, 3.05) is 19.7 Å². The number of rotatable bonds is 9. The number of carboxylic acids is 1. The van der Waals surface area contributed by atoms with E-state index in [4.69, 9.17) is 16.6 Å². The molecule has 12 nitrogen and oxygen atoms in total. The molecule has 0 spiro atoms. The van der Waals surface area contributed by atoms with Gasteiger partial charge in [-0.1, -0.05) is 0 Å². The van der Waals surface area contributed by atoms with Crippen molar-refractivity contribution in [2.45, 2.75) is 37.4 Å². The highest BCUT2D eigenvalue weighted by molar-refractivity contribution is 5.95. The third kappa shape index (κ3) is 5.97. The van der Waals surface area contributed by atoms with Gasteiger partial charge in [0.25, 0.3) is 0 Å². The molecule has 0 bridgehead atoms. The summed E-state index contributed by atoms with van der Waals surface area (Å²) >= 11 is 0. The van der Waals surface area contributed by atoms with Gasteiger partial charge in [-0.05, 0) is 12.8 Å². The van der Waals surface area contributed by atoms with Gasteiger partial charge in [-0.3, -0.25) is 24.0 Å². The first kappa shape index (κ1) is 21.3. The van der Waals surface area contributed by atoms with Gasteiger partial charge in [0.05, 0.1) is 19.1 Å². The van der Waals surface area contributed by atoms with E-state index in [1.54, 1.807) is 0 Å². The quantitative estimate of drug-likeness (QED) is 0.233. The average Bonchev–Trinajstić information content (AvgIpc) is 3.05. The molecule has 1 aliphatic heterocycles. The van der Waals surface area contributed by atoms with E-state index in [0.29, 0.717) is 12.8 Å². The number of nitrogens with two attached hydrogens (primary N) is 2. The van der Waals surface area contributed by atoms with Gasteiger partial charge in [-0.15, -0.1) is 0 Å². The Morgan fingerprint density at radius 1 is 1.23 bits per heavy atom. The normalized spacial score (nSPS) is 18.7. The van der Waals surface area contributed by atoms with Crippen LogP contribution in [-0.2, 0) is 24.0 Å². The van der Waals surface area contributed by atoms with Crippen LogP contribution in [0.4, 0.5) is 0 Å². The van der Waals surface area contributed by atoms with Crippen molar-refractivity contribution >= 4 is 29.6 Å². The van der Waals surface area contributed by atoms with E-state index >= 15 is 0 Å². The van der Waals surface area contributed by atoms with E-state index in [9.17, 15) is 29.1 Å². The third-order valence-corrected chi connectivity index (χ3v) is 3.81. The summed E-state index contributed by atoms with van der Waals surface area (Å²) in [6.07, 6.45) is 0.400. The Morgan fingerprint density at radius 3 is 2.42 bits per heavy atom. The number of hydrogen-bond acceptors (Lipinski definition) is 7. The number of aliphatic hydroxyl groups excluding tert-OH is 1. The van der Waals surface area contributed by atoms with Crippen molar-refractivity contribution in [1.82, 2.24) is 15.5 Å². The molecule has 4 amide bonds. The lowest BCUT2D eigenvalue weighted by atomic mass is 10.1. The van der Waals surface area contributed by atoms with Crippen molar-refractivity contribution < 1.29 is 34.2 Å². The van der Waals surface area contributed by atoms with Gasteiger partial charge >= 0.3 is 5.97 Å². The smallest absolute Gasteiger partial charge is 0.322 e. The lowest BCUT2D eigenvalue weighted by molar-refractivity contribution is -0.143. The summed E-state index contributed by atoms with van der Waals surface area (Å²) in [5, 5.41) is 22.4. The van der Waals surface area contributed by atoms with E-state index in [2.05, 4.69) is 10.6 Å². The van der Waals surface area contributed by atoms with Crippen LogP contribution in [0.3, 0.4) is 0 Å². The maximum absolute atomic E-state index is 12.5. The Balaban J connectivity index is 2.73. The first-order chi connectivity index (χ1) is 12.2. The molecule has 1 rings (SSSR count). The molecule has 0 saturated carbocycles. The fourth-order valence-corrected chi connectivity index (χ4v) is 2.56. The Hall–Kier alpha value is -2.73. The van der Waals surface area contributed by atoms with Crippen LogP contribution in [-0.4, -0.2) is 82.5 Å². The maximum Gasteiger partial charge on any atom is 0.322 e. The average molecular weight is 373 g/mol. The number of likely N-dealkylation sites (tertiary alicyclic amines) is 1. The Labute approximate surface area is 148 Å². The minimum absolute atomic E-state index is 0.212. The van der Waals surface area contributed by atoms with E-state index in [1.807, 2.05) is 0 Å². The summed E-state index contributed by atoms with van der Waals surface area (Å²) < 4.78 is 0. The van der Waals surface area contributed by atoms with E-state index in [0.717, 1.165) is 4.90 Å². The fraction of sp³-hybridized carbons (Fsp3) is 0.643. The lowest BCUT2D eigenvalue weighted by Gasteiger charge is -2.28. The molecule has 0 aromatic carbocycles. The van der Waals surface area contributed by atoms with E-state index in [1.165, 1.54) is 0 Å². The second-order valence-corrected chi connectivity index (χ2v) is 5.82. The van der Waals surface area contributed by atoms with E-state index < -0.39 is 67.3 Å². The summed E-state index contributed by atoms with van der Waals surface area (Å²) in [5.74, 6) is -4.21. The summed E-state index contributed by atoms with van der Waals surface area (Å²) in [6.45, 7) is -1.11. The van der Waals surface area contributed by atoms with Gasteiger partial charge < -0.3 is 37.2 Å². The van der Waals surface area contributed by atoms with Gasteiger partial charge in [0.15, 0.2) is 0 Å². The van der Waals surface area contributed by atoms with Gasteiger partial charge in [0.1, 0.15) is 18.6 Å². The highest BCUT2D eigenvalue weighted by atomic mass is 16.4. The van der Waals surface area contributed by atoms with Gasteiger partial charge in [0.2, 0.25) is 23.6 Å². The predicted octanol–water partition coefficient (Wildman–Crippen LogP) is -4.14. The van der Waals surface area contributed by atoms with Crippen LogP contribution in [0.15, 0.2) is 0 Å². The summed E-state index contributed by atoms with van der Waals surface area (Å²) in [5.41, 5.74) is 10.4. The molecule has 0 radical (unpaired) electrons. The van der Waals surface area contributed by atoms with Crippen LogP contribution in [0.5, 0.6) is 0 Å². The predicted molar refractivity (Wildman–Crippen MR) is 86.2 cm³/mol. The Bertz CT molecular complexity index is 582. The first-order valence-electron chi connectivity index (χ1n) is 7.92. The molecule has 1 aliphatic rings. The molecule has 0 aromatic rings. The molecule has 0 aromatic heterocycles. The fourth-order valence-electron chi connectivity index (χ4n) is 2.56. The molecule has 8 N–H and O–H groups in total. The number of nitrogens with one attached hydrogen (secondary N) is 2. The van der Waals surface area contributed by atoms with E-state index in [-0.39, 0.29) is 6.54 Å². The zero-order valence-corrected chi connectivity index (χ0v) is 14.0. The Kier molecular flexibility index (Phi) is 7.93. The van der Waals surface area contributed by atoms with Crippen LogP contribution in [0.1, 0.15) is 19.3 Å². The number of amides is 4. The van der Waals surface area contributed by atoms with Gasteiger partial charge in [0, 0.05) is 6.54 Å². The van der Waals surface area contributed by atoms with Crippen molar-refractivity contribution in [1.29, 1.82) is 0 Å².